The number of rotatable bonds is 2. The molecule has 2 unspecified atom stereocenters. The van der Waals surface area contributed by atoms with E-state index in [-0.39, 0.29) is 11.8 Å². The number of aliphatic imine (C=N–C) groups is 1. The molecule has 9 nitrogen and oxygen atoms in total. The molecule has 1 aromatic rings. The van der Waals surface area contributed by atoms with E-state index in [1.165, 1.54) is 10.9 Å². The van der Waals surface area contributed by atoms with Gasteiger partial charge in [-0.05, 0) is 0 Å². The minimum Gasteiger partial charge on any atom is -0.394 e. The molecule has 10 heteroatoms. The lowest BCUT2D eigenvalue weighted by Crippen LogP contribution is -2.46. The Balaban J connectivity index is 2.10. The zero-order valence-electron chi connectivity index (χ0n) is 12.5. The lowest BCUT2D eigenvalue weighted by Gasteiger charge is -2.27. The second kappa shape index (κ2) is 5.88. The molecule has 24 heavy (non-hydrogen) atoms. The summed E-state index contributed by atoms with van der Waals surface area (Å²) in [7, 11) is 0. The largest absolute Gasteiger partial charge is 0.394 e. The highest BCUT2D eigenvalue weighted by molar-refractivity contribution is 5.93. The minimum atomic E-state index is -2.16. The molecule has 0 aliphatic carbocycles. The molecule has 0 saturated carbocycles. The van der Waals surface area contributed by atoms with Gasteiger partial charge in [0.15, 0.2) is 23.6 Å². The topological polar surface area (TPSA) is 138 Å². The molecule has 0 amide bonds. The van der Waals surface area contributed by atoms with Crippen LogP contribution in [0.3, 0.4) is 0 Å². The molecule has 3 rings (SSSR count). The molecule has 0 spiro atoms. The number of aromatic nitrogens is 2. The molecule has 0 bridgehead atoms. The van der Waals surface area contributed by atoms with Crippen molar-refractivity contribution in [1.29, 1.82) is 0 Å². The molecule has 6 N–H and O–H groups in total. The summed E-state index contributed by atoms with van der Waals surface area (Å²) in [6.07, 6.45) is -2.64. The van der Waals surface area contributed by atoms with Gasteiger partial charge >= 0.3 is 0 Å². The summed E-state index contributed by atoms with van der Waals surface area (Å²) >= 11 is 0. The monoisotopic (exact) mass is 337 g/mol. The molecular formula is C14H16FN5O4. The van der Waals surface area contributed by atoms with E-state index in [0.29, 0.717) is 11.4 Å². The Morgan fingerprint density at radius 3 is 3.00 bits per heavy atom. The van der Waals surface area contributed by atoms with Gasteiger partial charge < -0.3 is 31.1 Å². The molecule has 4 atom stereocenters. The quantitative estimate of drug-likeness (QED) is 0.408. The van der Waals surface area contributed by atoms with Gasteiger partial charge in [0, 0.05) is 0 Å². The number of imidazole rings is 1. The third-order valence-electron chi connectivity index (χ3n) is 3.83. The third kappa shape index (κ3) is 2.35. The first-order valence-corrected chi connectivity index (χ1v) is 7.02. The van der Waals surface area contributed by atoms with Gasteiger partial charge in [0.2, 0.25) is 0 Å². The van der Waals surface area contributed by atoms with E-state index >= 15 is 0 Å². The summed E-state index contributed by atoms with van der Waals surface area (Å²) in [5, 5.41) is 33.0. The zero-order valence-corrected chi connectivity index (χ0v) is 12.5. The molecule has 3 heterocycles. The maximum atomic E-state index is 12.4. The van der Waals surface area contributed by atoms with Crippen molar-refractivity contribution >= 4 is 17.5 Å². The van der Waals surface area contributed by atoms with Gasteiger partial charge in [-0.25, -0.2) is 9.37 Å². The summed E-state index contributed by atoms with van der Waals surface area (Å²) in [5.74, 6) is 4.64. The number of nitrogens with zero attached hydrogens (tertiary/aromatic N) is 3. The number of ether oxygens (including phenoxy) is 1. The second-order valence-corrected chi connectivity index (χ2v) is 5.34. The number of hydrogen-bond acceptors (Lipinski definition) is 8. The summed E-state index contributed by atoms with van der Waals surface area (Å²) in [5.41, 5.74) is 4.27. The van der Waals surface area contributed by atoms with Crippen LogP contribution in [0.4, 0.5) is 10.2 Å². The fraction of sp³-hybridized carbons (Fsp3) is 0.429. The summed E-state index contributed by atoms with van der Waals surface area (Å²) in [4.78, 5) is 8.21. The van der Waals surface area contributed by atoms with Crippen molar-refractivity contribution in [3.8, 4) is 11.8 Å². The van der Waals surface area contributed by atoms with E-state index in [1.54, 1.807) is 0 Å². The van der Waals surface area contributed by atoms with Crippen LogP contribution >= 0.6 is 0 Å². The van der Waals surface area contributed by atoms with Gasteiger partial charge in [-0.3, -0.25) is 4.57 Å². The van der Waals surface area contributed by atoms with Crippen LogP contribution < -0.4 is 11.1 Å². The third-order valence-corrected chi connectivity index (χ3v) is 3.83. The Morgan fingerprint density at radius 1 is 1.58 bits per heavy atom. The van der Waals surface area contributed by atoms with E-state index in [1.807, 2.05) is 0 Å². The SMILES string of the molecule is C=C1NC(N)=Nc2c1ncn2[C@@H]1OC(CO)C(O)[C@]1(O)C#CCF. The number of hydrogen-bond donors (Lipinski definition) is 5. The van der Waals surface area contributed by atoms with Crippen molar-refractivity contribution in [2.24, 2.45) is 10.7 Å². The fourth-order valence-corrected chi connectivity index (χ4v) is 2.71. The van der Waals surface area contributed by atoms with Crippen molar-refractivity contribution in [3.05, 3.63) is 18.6 Å². The Bertz CT molecular complexity index is 767. The molecular weight excluding hydrogens is 321 g/mol. The van der Waals surface area contributed by atoms with Gasteiger partial charge in [-0.15, -0.1) is 0 Å². The number of halogens is 1. The standard InChI is InChI=1S/C14H16FN5O4/c1-7-9-11(19-13(16)18-7)20(6-17-9)12-14(23,3-2-4-15)10(22)8(5-21)24-12/h6,8,10,12,21-23H,1,4-5H2,(H3,16,18,19)/t8?,10?,12-,14-/m1/s1. The van der Waals surface area contributed by atoms with E-state index in [4.69, 9.17) is 10.5 Å². The van der Waals surface area contributed by atoms with Crippen LogP contribution in [0.2, 0.25) is 0 Å². The van der Waals surface area contributed by atoms with Crippen LogP contribution in [0.15, 0.2) is 17.9 Å². The molecule has 1 saturated heterocycles. The maximum Gasteiger partial charge on any atom is 0.199 e. The molecule has 0 aromatic carbocycles. The average molecular weight is 337 g/mol. The fourth-order valence-electron chi connectivity index (χ4n) is 2.71. The number of alkyl halides is 1. The first-order valence-electron chi connectivity index (χ1n) is 7.02. The first kappa shape index (κ1) is 16.4. The van der Waals surface area contributed by atoms with Crippen molar-refractivity contribution < 1.29 is 24.4 Å². The Kier molecular flexibility index (Phi) is 4.02. The van der Waals surface area contributed by atoms with Crippen LogP contribution in [-0.2, 0) is 4.74 Å². The van der Waals surface area contributed by atoms with Crippen LogP contribution in [0.25, 0.3) is 5.70 Å². The van der Waals surface area contributed by atoms with E-state index in [9.17, 15) is 19.7 Å². The summed E-state index contributed by atoms with van der Waals surface area (Å²) < 4.78 is 19.2. The maximum absolute atomic E-state index is 12.4. The van der Waals surface area contributed by atoms with Gasteiger partial charge in [-0.2, -0.15) is 4.99 Å². The van der Waals surface area contributed by atoms with Crippen molar-refractivity contribution in [2.45, 2.75) is 24.0 Å². The molecule has 1 fully saturated rings. The minimum absolute atomic E-state index is 0.0601. The van der Waals surface area contributed by atoms with Gasteiger partial charge in [0.05, 0.1) is 18.6 Å². The number of fused-ring (bicyclic) bond motifs is 1. The Morgan fingerprint density at radius 2 is 2.33 bits per heavy atom. The predicted octanol–water partition coefficient (Wildman–Crippen LogP) is -1.64. The predicted molar refractivity (Wildman–Crippen MR) is 81.4 cm³/mol. The molecule has 2 aliphatic rings. The number of guanidine groups is 1. The number of nitrogens with two attached hydrogens (primary N) is 1. The highest BCUT2D eigenvalue weighted by Gasteiger charge is 2.56. The van der Waals surface area contributed by atoms with E-state index in [2.05, 4.69) is 33.7 Å². The normalized spacial score (nSPS) is 31.8. The van der Waals surface area contributed by atoms with Crippen LogP contribution in [-0.4, -0.2) is 61.9 Å². The Hall–Kier alpha value is -2.45. The second-order valence-electron chi connectivity index (χ2n) is 5.34. The average Bonchev–Trinajstić information content (AvgIpc) is 3.06. The van der Waals surface area contributed by atoms with E-state index in [0.717, 1.165) is 0 Å². The lowest BCUT2D eigenvalue weighted by molar-refractivity contribution is -0.0732. The van der Waals surface area contributed by atoms with Crippen molar-refractivity contribution in [1.82, 2.24) is 14.9 Å². The highest BCUT2D eigenvalue weighted by atomic mass is 19.1. The van der Waals surface area contributed by atoms with Crippen LogP contribution in [0, 0.1) is 11.8 Å². The van der Waals surface area contributed by atoms with Gasteiger partial charge in [0.25, 0.3) is 0 Å². The van der Waals surface area contributed by atoms with Gasteiger partial charge in [0.1, 0.15) is 24.6 Å². The van der Waals surface area contributed by atoms with Crippen molar-refractivity contribution in [2.75, 3.05) is 13.3 Å². The first-order chi connectivity index (χ1) is 11.4. The van der Waals surface area contributed by atoms with Crippen molar-refractivity contribution in [3.63, 3.8) is 0 Å². The number of nitrogens with one attached hydrogen (secondary N) is 1. The van der Waals surface area contributed by atoms with Crippen LogP contribution in [0.1, 0.15) is 11.9 Å². The Labute approximate surface area is 136 Å². The number of aliphatic hydroxyl groups is 3. The molecule has 1 aromatic heterocycles. The summed E-state index contributed by atoms with van der Waals surface area (Å²) in [6.45, 7) is 2.18. The molecule has 128 valence electrons. The van der Waals surface area contributed by atoms with E-state index < -0.39 is 37.3 Å². The lowest BCUT2D eigenvalue weighted by atomic mass is 9.94. The molecule has 0 radical (unpaired) electrons. The zero-order chi connectivity index (χ0) is 17.5. The van der Waals surface area contributed by atoms with Crippen LogP contribution in [0.5, 0.6) is 0 Å². The highest BCUT2D eigenvalue weighted by Crippen LogP contribution is 2.41. The summed E-state index contributed by atoms with van der Waals surface area (Å²) in [6, 6.07) is 0. The van der Waals surface area contributed by atoms with Gasteiger partial charge in [-0.1, -0.05) is 18.4 Å². The smallest absolute Gasteiger partial charge is 0.199 e. The molecule has 2 aliphatic heterocycles. The number of aliphatic hydroxyl groups excluding tert-OH is 2.